The monoisotopic (exact) mass is 121 g/mol. The second-order valence-electron chi connectivity index (χ2n) is 1.89. The molecule has 0 amide bonds. The molecule has 2 N–H and O–H groups in total. The van der Waals surface area contributed by atoms with Gasteiger partial charge in [0.15, 0.2) is 0 Å². The van der Waals surface area contributed by atoms with Crippen molar-refractivity contribution in [2.24, 2.45) is 0 Å². The van der Waals surface area contributed by atoms with Gasteiger partial charge in [0.05, 0.1) is 5.56 Å². The van der Waals surface area contributed by atoms with Gasteiger partial charge in [0.2, 0.25) is 0 Å². The van der Waals surface area contributed by atoms with E-state index >= 15 is 0 Å². The summed E-state index contributed by atoms with van der Waals surface area (Å²) < 4.78 is 1.43. The summed E-state index contributed by atoms with van der Waals surface area (Å²) in [5.74, 6) is 5.38. The lowest BCUT2D eigenvalue weighted by atomic mass is 10.3. The summed E-state index contributed by atoms with van der Waals surface area (Å²) >= 11 is 0. The fraction of sp³-hybridized carbons (Fsp3) is 0.167. The molecule has 1 rings (SSSR count). The number of nitrogens with zero attached hydrogens (tertiary/aromatic N) is 2. The smallest absolute Gasteiger partial charge is 0.101 e. The molecule has 1 heterocycles. The van der Waals surface area contributed by atoms with Crippen molar-refractivity contribution in [2.75, 3.05) is 5.84 Å². The van der Waals surface area contributed by atoms with Crippen LogP contribution >= 0.6 is 0 Å². The highest BCUT2D eigenvalue weighted by Crippen LogP contribution is 2.00. The quantitative estimate of drug-likeness (QED) is 0.504. The maximum atomic E-state index is 8.36. The molecule has 0 fully saturated rings. The Morgan fingerprint density at radius 3 is 2.67 bits per heavy atom. The van der Waals surface area contributed by atoms with Crippen LogP contribution in [0.25, 0.3) is 0 Å². The molecule has 0 bridgehead atoms. The van der Waals surface area contributed by atoms with Gasteiger partial charge in [0.1, 0.15) is 6.07 Å². The van der Waals surface area contributed by atoms with Gasteiger partial charge < -0.3 is 5.84 Å². The lowest BCUT2D eigenvalue weighted by Crippen LogP contribution is -2.07. The average Bonchev–Trinajstić information content (AvgIpc) is 2.13. The van der Waals surface area contributed by atoms with Gasteiger partial charge in [0.25, 0.3) is 0 Å². The van der Waals surface area contributed by atoms with Crippen LogP contribution in [0.5, 0.6) is 0 Å². The number of nitrogen functional groups attached to an aromatic ring is 1. The fourth-order valence-electron chi connectivity index (χ4n) is 0.650. The summed E-state index contributed by atoms with van der Waals surface area (Å²) in [6, 6.07) is 3.72. The molecular formula is C6H7N3. The molecule has 0 aliphatic heterocycles. The van der Waals surface area contributed by atoms with Gasteiger partial charge in [-0.1, -0.05) is 0 Å². The van der Waals surface area contributed by atoms with Crippen molar-refractivity contribution in [1.29, 1.82) is 5.26 Å². The van der Waals surface area contributed by atoms with Gasteiger partial charge in [-0.05, 0) is 13.0 Å². The molecule has 0 atom stereocenters. The topological polar surface area (TPSA) is 54.7 Å². The lowest BCUT2D eigenvalue weighted by molar-refractivity contribution is 0.961. The normalized spacial score (nSPS) is 8.89. The van der Waals surface area contributed by atoms with Crippen molar-refractivity contribution in [1.82, 2.24) is 4.68 Å². The summed E-state index contributed by atoms with van der Waals surface area (Å²) in [5.41, 5.74) is 1.50. The van der Waals surface area contributed by atoms with E-state index < -0.39 is 0 Å². The van der Waals surface area contributed by atoms with Crippen LogP contribution < -0.4 is 5.84 Å². The zero-order chi connectivity index (χ0) is 6.85. The summed E-state index contributed by atoms with van der Waals surface area (Å²) in [6.45, 7) is 1.85. The molecule has 3 heteroatoms. The molecule has 0 saturated heterocycles. The molecule has 1 aromatic rings. The van der Waals surface area contributed by atoms with E-state index in [1.54, 1.807) is 12.3 Å². The Morgan fingerprint density at radius 2 is 2.44 bits per heavy atom. The molecule has 1 aromatic heterocycles. The van der Waals surface area contributed by atoms with Crippen LogP contribution in [-0.4, -0.2) is 4.68 Å². The standard InChI is InChI=1S/C6H7N3/c1-5-2-6(3-7)4-9(5)8/h2,4H,8H2,1H3. The third kappa shape index (κ3) is 0.868. The highest BCUT2D eigenvalue weighted by Gasteiger charge is 1.95. The summed E-state index contributed by atoms with van der Waals surface area (Å²) in [7, 11) is 0. The van der Waals surface area contributed by atoms with Crippen LogP contribution in [0, 0.1) is 18.3 Å². The highest BCUT2D eigenvalue weighted by molar-refractivity contribution is 5.29. The van der Waals surface area contributed by atoms with E-state index in [9.17, 15) is 0 Å². The van der Waals surface area contributed by atoms with Crippen molar-refractivity contribution < 1.29 is 0 Å². The van der Waals surface area contributed by atoms with Crippen LogP contribution in [0.2, 0.25) is 0 Å². The van der Waals surface area contributed by atoms with Gasteiger partial charge in [-0.15, -0.1) is 0 Å². The number of rotatable bonds is 0. The van der Waals surface area contributed by atoms with E-state index in [0.717, 1.165) is 5.69 Å². The lowest BCUT2D eigenvalue weighted by Gasteiger charge is -1.90. The first-order valence-corrected chi connectivity index (χ1v) is 2.58. The van der Waals surface area contributed by atoms with E-state index in [4.69, 9.17) is 11.1 Å². The Morgan fingerprint density at radius 1 is 1.78 bits per heavy atom. The summed E-state index contributed by atoms with van der Waals surface area (Å²) in [6.07, 6.45) is 1.59. The van der Waals surface area contributed by atoms with Gasteiger partial charge in [-0.2, -0.15) is 5.26 Å². The molecule has 0 aliphatic rings. The van der Waals surface area contributed by atoms with Crippen LogP contribution in [0.3, 0.4) is 0 Å². The molecule has 3 nitrogen and oxygen atoms in total. The van der Waals surface area contributed by atoms with Gasteiger partial charge in [0, 0.05) is 11.9 Å². The molecule has 0 saturated carbocycles. The largest absolute Gasteiger partial charge is 0.339 e. The Kier molecular flexibility index (Phi) is 1.16. The van der Waals surface area contributed by atoms with Crippen molar-refractivity contribution in [3.8, 4) is 6.07 Å². The van der Waals surface area contributed by atoms with Gasteiger partial charge >= 0.3 is 0 Å². The molecule has 46 valence electrons. The molecular weight excluding hydrogens is 114 g/mol. The van der Waals surface area contributed by atoms with Crippen molar-refractivity contribution >= 4 is 0 Å². The molecule has 0 radical (unpaired) electrons. The number of nitrogens with two attached hydrogens (primary N) is 1. The van der Waals surface area contributed by atoms with Gasteiger partial charge in [-0.3, -0.25) is 4.68 Å². The van der Waals surface area contributed by atoms with Crippen molar-refractivity contribution in [2.45, 2.75) is 6.92 Å². The predicted octanol–water partition coefficient (Wildman–Crippen LogP) is 0.382. The first-order chi connectivity index (χ1) is 4.24. The number of aromatic nitrogens is 1. The second kappa shape index (κ2) is 1.82. The first kappa shape index (κ1) is 5.70. The van der Waals surface area contributed by atoms with E-state index in [1.807, 2.05) is 13.0 Å². The Hall–Kier alpha value is -1.43. The molecule has 0 aliphatic carbocycles. The van der Waals surface area contributed by atoms with Crippen LogP contribution in [0.4, 0.5) is 0 Å². The maximum Gasteiger partial charge on any atom is 0.101 e. The highest BCUT2D eigenvalue weighted by atomic mass is 15.3. The van der Waals surface area contributed by atoms with E-state index in [-0.39, 0.29) is 0 Å². The Bertz CT molecular complexity index is 234. The predicted molar refractivity (Wildman–Crippen MR) is 34.0 cm³/mol. The Balaban J connectivity index is 3.16. The average molecular weight is 121 g/mol. The van der Waals surface area contributed by atoms with Gasteiger partial charge in [-0.25, -0.2) is 0 Å². The second-order valence-corrected chi connectivity index (χ2v) is 1.89. The maximum absolute atomic E-state index is 8.36. The Labute approximate surface area is 53.3 Å². The number of hydrogen-bond donors (Lipinski definition) is 1. The van der Waals surface area contributed by atoms with Crippen molar-refractivity contribution in [3.05, 3.63) is 23.5 Å². The van der Waals surface area contributed by atoms with Crippen LogP contribution in [-0.2, 0) is 0 Å². The van der Waals surface area contributed by atoms with Crippen LogP contribution in [0.15, 0.2) is 12.3 Å². The van der Waals surface area contributed by atoms with Crippen molar-refractivity contribution in [3.63, 3.8) is 0 Å². The van der Waals surface area contributed by atoms with E-state index in [2.05, 4.69) is 0 Å². The summed E-state index contributed by atoms with van der Waals surface area (Å²) in [5, 5.41) is 8.36. The minimum Gasteiger partial charge on any atom is -0.339 e. The number of hydrogen-bond acceptors (Lipinski definition) is 2. The SMILES string of the molecule is Cc1cc(C#N)cn1N. The number of aryl methyl sites for hydroxylation is 1. The van der Waals surface area contributed by atoms with E-state index in [0.29, 0.717) is 5.56 Å². The zero-order valence-corrected chi connectivity index (χ0v) is 5.13. The molecule has 9 heavy (non-hydrogen) atoms. The third-order valence-corrected chi connectivity index (χ3v) is 1.18. The molecule has 0 spiro atoms. The minimum atomic E-state index is 0.606. The molecule has 0 unspecified atom stereocenters. The zero-order valence-electron chi connectivity index (χ0n) is 5.13. The van der Waals surface area contributed by atoms with E-state index in [1.165, 1.54) is 4.68 Å². The molecule has 0 aromatic carbocycles. The summed E-state index contributed by atoms with van der Waals surface area (Å²) in [4.78, 5) is 0. The first-order valence-electron chi connectivity index (χ1n) is 2.58. The number of nitriles is 1. The minimum absolute atomic E-state index is 0.606. The third-order valence-electron chi connectivity index (χ3n) is 1.18. The fourth-order valence-corrected chi connectivity index (χ4v) is 0.650. The van der Waals surface area contributed by atoms with Crippen LogP contribution in [0.1, 0.15) is 11.3 Å².